The number of nitrogens with zero attached hydrogens (tertiary/aromatic N) is 3. The van der Waals surface area contributed by atoms with Crippen LogP contribution in [0.15, 0.2) is 23.0 Å². The van der Waals surface area contributed by atoms with Crippen molar-refractivity contribution in [1.29, 1.82) is 0 Å². The molecule has 3 N–H and O–H groups in total. The lowest BCUT2D eigenvalue weighted by Crippen LogP contribution is -2.28. The van der Waals surface area contributed by atoms with Gasteiger partial charge in [-0.05, 0) is 26.0 Å². The highest BCUT2D eigenvalue weighted by atomic mass is 16.6. The van der Waals surface area contributed by atoms with Crippen molar-refractivity contribution in [1.82, 2.24) is 19.6 Å². The Kier molecular flexibility index (Phi) is 3.72. The van der Waals surface area contributed by atoms with Gasteiger partial charge in [-0.1, -0.05) is 0 Å². The van der Waals surface area contributed by atoms with E-state index in [2.05, 4.69) is 25.7 Å². The fourth-order valence-electron chi connectivity index (χ4n) is 2.67. The Morgan fingerprint density at radius 3 is 2.73 bits per heavy atom. The molecule has 0 fully saturated rings. The Balaban J connectivity index is 1.57. The first kappa shape index (κ1) is 15.9. The Bertz CT molecular complexity index is 1070. The van der Waals surface area contributed by atoms with E-state index < -0.39 is 11.6 Å². The second-order valence-electron chi connectivity index (χ2n) is 5.76. The molecule has 0 aliphatic carbocycles. The highest BCUT2D eigenvalue weighted by molar-refractivity contribution is 6.00. The summed E-state index contributed by atoms with van der Waals surface area (Å²) in [5, 5.41) is 7.98. The molecular formula is C16H16N6O4. The summed E-state index contributed by atoms with van der Waals surface area (Å²) in [6.45, 7) is 4.29. The van der Waals surface area contributed by atoms with E-state index in [0.717, 1.165) is 0 Å². The molecule has 0 saturated carbocycles. The normalized spacial score (nSPS) is 12.8. The molecule has 10 nitrogen and oxygen atoms in total. The Morgan fingerprint density at radius 2 is 1.92 bits per heavy atom. The molecule has 4 rings (SSSR count). The summed E-state index contributed by atoms with van der Waals surface area (Å²) in [7, 11) is 0. The predicted octanol–water partition coefficient (Wildman–Crippen LogP) is 1.45. The van der Waals surface area contributed by atoms with E-state index in [9.17, 15) is 9.59 Å². The lowest BCUT2D eigenvalue weighted by Gasteiger charge is -2.19. The molecule has 134 valence electrons. The van der Waals surface area contributed by atoms with Crippen LogP contribution < -0.4 is 25.7 Å². The minimum Gasteiger partial charge on any atom is -0.486 e. The molecule has 1 aliphatic rings. The first-order valence-electron chi connectivity index (χ1n) is 7.95. The molecule has 3 heterocycles. The van der Waals surface area contributed by atoms with Gasteiger partial charge in [-0.3, -0.25) is 9.89 Å². The average Bonchev–Trinajstić information content (AvgIpc) is 2.99. The minimum absolute atomic E-state index is 0.0705. The average molecular weight is 356 g/mol. The fourth-order valence-corrected chi connectivity index (χ4v) is 2.67. The topological polar surface area (TPSA) is 123 Å². The highest BCUT2D eigenvalue weighted by Gasteiger charge is 2.16. The molecule has 1 aromatic carbocycles. The number of carbonyl (C=O) groups excluding carboxylic acids is 1. The lowest BCUT2D eigenvalue weighted by atomic mass is 10.2. The number of aryl methyl sites for hydroxylation is 2. The number of rotatable bonds is 2. The van der Waals surface area contributed by atoms with Gasteiger partial charge in [-0.15, -0.1) is 0 Å². The fraction of sp³-hybridized carbons (Fsp3) is 0.250. The molecule has 0 bridgehead atoms. The summed E-state index contributed by atoms with van der Waals surface area (Å²) < 4.78 is 12.1. The standard InChI is InChI=1S/C16H16N6O4/c1-8-13(14(23)22-15(17-8)18-9(2)21-22)20-16(24)19-10-3-4-11-12(7-10)26-6-5-25-11/h3-4,7H,5-6H2,1-2H3,(H,17,18,21)(H2,19,20,24). The van der Waals surface area contributed by atoms with Crippen molar-refractivity contribution in [2.45, 2.75) is 13.8 Å². The smallest absolute Gasteiger partial charge is 0.323 e. The van der Waals surface area contributed by atoms with E-state index in [1.54, 1.807) is 32.0 Å². The molecule has 1 aliphatic heterocycles. The van der Waals surface area contributed by atoms with Crippen molar-refractivity contribution in [3.05, 3.63) is 40.1 Å². The van der Waals surface area contributed by atoms with Crippen LogP contribution in [0.2, 0.25) is 0 Å². The second-order valence-corrected chi connectivity index (χ2v) is 5.76. The van der Waals surface area contributed by atoms with Crippen LogP contribution in [0.3, 0.4) is 0 Å². The monoisotopic (exact) mass is 356 g/mol. The predicted molar refractivity (Wildman–Crippen MR) is 93.2 cm³/mol. The largest absolute Gasteiger partial charge is 0.486 e. The van der Waals surface area contributed by atoms with Crippen LogP contribution in [0.4, 0.5) is 16.2 Å². The zero-order chi connectivity index (χ0) is 18.3. The van der Waals surface area contributed by atoms with E-state index in [-0.39, 0.29) is 11.5 Å². The Morgan fingerprint density at radius 1 is 1.15 bits per heavy atom. The number of urea groups is 1. The van der Waals surface area contributed by atoms with E-state index in [0.29, 0.717) is 41.9 Å². The van der Waals surface area contributed by atoms with Crippen LogP contribution in [-0.2, 0) is 0 Å². The number of hydrogen-bond donors (Lipinski definition) is 3. The molecule has 10 heteroatoms. The number of aromatic amines is 1. The van der Waals surface area contributed by atoms with Crippen molar-refractivity contribution in [2.24, 2.45) is 0 Å². The maximum atomic E-state index is 12.5. The van der Waals surface area contributed by atoms with Gasteiger partial charge in [0.05, 0.1) is 5.69 Å². The number of nitrogens with one attached hydrogen (secondary N) is 3. The first-order chi connectivity index (χ1) is 12.5. The van der Waals surface area contributed by atoms with E-state index >= 15 is 0 Å². The first-order valence-corrected chi connectivity index (χ1v) is 7.95. The van der Waals surface area contributed by atoms with E-state index in [1.807, 2.05) is 0 Å². The molecule has 0 saturated heterocycles. The van der Waals surface area contributed by atoms with Crippen LogP contribution in [0, 0.1) is 13.8 Å². The van der Waals surface area contributed by atoms with Crippen molar-refractivity contribution < 1.29 is 14.3 Å². The molecule has 0 radical (unpaired) electrons. The Hall–Kier alpha value is -3.56. The molecule has 0 spiro atoms. The zero-order valence-electron chi connectivity index (χ0n) is 14.1. The van der Waals surface area contributed by atoms with Gasteiger partial charge in [0.2, 0.25) is 0 Å². The van der Waals surface area contributed by atoms with E-state index in [1.165, 1.54) is 4.52 Å². The van der Waals surface area contributed by atoms with Crippen LogP contribution in [0.25, 0.3) is 5.78 Å². The maximum absolute atomic E-state index is 12.5. The lowest BCUT2D eigenvalue weighted by molar-refractivity contribution is 0.171. The summed E-state index contributed by atoms with van der Waals surface area (Å²) in [5.41, 5.74) is 0.515. The van der Waals surface area contributed by atoms with Gasteiger partial charge in [0.1, 0.15) is 24.7 Å². The Labute approximate surface area is 147 Å². The van der Waals surface area contributed by atoms with E-state index in [4.69, 9.17) is 9.47 Å². The number of anilines is 2. The number of hydrogen-bond acceptors (Lipinski definition) is 6. The summed E-state index contributed by atoms with van der Waals surface area (Å²) in [6.07, 6.45) is 0. The van der Waals surface area contributed by atoms with Crippen LogP contribution >= 0.6 is 0 Å². The highest BCUT2D eigenvalue weighted by Crippen LogP contribution is 2.32. The summed E-state index contributed by atoms with van der Waals surface area (Å²) in [6, 6.07) is 4.49. The number of ether oxygens (including phenoxy) is 2. The molecule has 2 amide bonds. The van der Waals surface area contributed by atoms with Gasteiger partial charge in [-0.25, -0.2) is 9.78 Å². The van der Waals surface area contributed by atoms with Crippen LogP contribution in [0.5, 0.6) is 11.5 Å². The maximum Gasteiger partial charge on any atom is 0.323 e. The molecule has 0 atom stereocenters. The summed E-state index contributed by atoms with van der Waals surface area (Å²) >= 11 is 0. The van der Waals surface area contributed by atoms with Crippen LogP contribution in [0.1, 0.15) is 11.5 Å². The molecular weight excluding hydrogens is 340 g/mol. The van der Waals surface area contributed by atoms with Gasteiger partial charge >= 0.3 is 6.03 Å². The van der Waals surface area contributed by atoms with Crippen molar-refractivity contribution in [3.8, 4) is 11.5 Å². The van der Waals surface area contributed by atoms with Crippen molar-refractivity contribution in [3.63, 3.8) is 0 Å². The zero-order valence-corrected chi connectivity index (χ0v) is 14.1. The van der Waals surface area contributed by atoms with Gasteiger partial charge in [0.15, 0.2) is 11.5 Å². The number of H-pyrrole nitrogens is 1. The third kappa shape index (κ3) is 2.81. The molecule has 0 unspecified atom stereocenters. The van der Waals surface area contributed by atoms with Crippen LogP contribution in [-0.4, -0.2) is 38.8 Å². The van der Waals surface area contributed by atoms with Gasteiger partial charge in [-0.2, -0.15) is 9.50 Å². The second kappa shape index (κ2) is 6.06. The summed E-state index contributed by atoms with van der Waals surface area (Å²) in [4.78, 5) is 33.1. The number of benzene rings is 1. The van der Waals surface area contributed by atoms with Crippen molar-refractivity contribution in [2.75, 3.05) is 23.8 Å². The molecule has 26 heavy (non-hydrogen) atoms. The van der Waals surface area contributed by atoms with Gasteiger partial charge in [0.25, 0.3) is 11.3 Å². The molecule has 3 aromatic rings. The minimum atomic E-state index is -0.570. The molecule has 2 aromatic heterocycles. The number of amides is 2. The third-order valence-corrected chi connectivity index (χ3v) is 3.83. The SMILES string of the molecule is Cc1nc2nc(C)c(NC(=O)Nc3ccc4c(c3)OCCO4)c(=O)n2[nH]1. The third-order valence-electron chi connectivity index (χ3n) is 3.83. The van der Waals surface area contributed by atoms with Gasteiger partial charge < -0.3 is 20.1 Å². The van der Waals surface area contributed by atoms with Crippen molar-refractivity contribution >= 4 is 23.2 Å². The number of aromatic nitrogens is 4. The quantitative estimate of drug-likeness (QED) is 0.639. The van der Waals surface area contributed by atoms with Gasteiger partial charge in [0, 0.05) is 11.8 Å². The summed E-state index contributed by atoms with van der Waals surface area (Å²) in [5.74, 6) is 1.98. The number of carbonyl (C=O) groups is 1. The number of fused-ring (bicyclic) bond motifs is 2.